The molecule has 0 atom stereocenters. The molecule has 0 aromatic carbocycles. The Labute approximate surface area is 79.4 Å². The number of hydrogen-bond acceptors (Lipinski definition) is 3. The lowest BCUT2D eigenvalue weighted by Gasteiger charge is -1.95. The van der Waals surface area contributed by atoms with Crippen molar-refractivity contribution in [1.29, 1.82) is 5.26 Å². The predicted octanol–water partition coefficient (Wildman–Crippen LogP) is 1.49. The zero-order valence-corrected chi connectivity index (χ0v) is 7.58. The minimum atomic E-state index is 0.307. The molecule has 4 nitrogen and oxygen atoms in total. The Morgan fingerprint density at radius 2 is 2.38 bits per heavy atom. The third kappa shape index (κ3) is 1.14. The van der Waals surface area contributed by atoms with E-state index in [2.05, 4.69) is 10.1 Å². The van der Waals surface area contributed by atoms with E-state index in [0.29, 0.717) is 16.4 Å². The molecule has 2 aromatic rings. The maximum absolute atomic E-state index is 8.65. The maximum Gasteiger partial charge on any atom is 0.160 e. The molecule has 0 unspecified atom stereocenters. The summed E-state index contributed by atoms with van der Waals surface area (Å²) >= 11 is 5.91. The number of rotatable bonds is 0. The molecule has 0 fully saturated rings. The van der Waals surface area contributed by atoms with Gasteiger partial charge in [0.25, 0.3) is 0 Å². The van der Waals surface area contributed by atoms with Gasteiger partial charge in [0.05, 0.1) is 16.6 Å². The molecule has 0 saturated heterocycles. The van der Waals surface area contributed by atoms with Crippen LogP contribution in [0.25, 0.3) is 11.0 Å². The lowest BCUT2D eigenvalue weighted by atomic mass is 10.3. The first-order valence-corrected chi connectivity index (χ1v) is 3.98. The highest BCUT2D eigenvalue weighted by molar-refractivity contribution is 6.35. The lowest BCUT2D eigenvalue weighted by molar-refractivity contribution is 0.786. The fourth-order valence-electron chi connectivity index (χ4n) is 1.13. The highest BCUT2D eigenvalue weighted by Crippen LogP contribution is 2.21. The van der Waals surface area contributed by atoms with E-state index in [-0.39, 0.29) is 0 Å². The van der Waals surface area contributed by atoms with Crippen LogP contribution in [-0.2, 0) is 7.05 Å². The minimum Gasteiger partial charge on any atom is -0.250 e. The van der Waals surface area contributed by atoms with Gasteiger partial charge < -0.3 is 0 Å². The minimum absolute atomic E-state index is 0.307. The molecule has 13 heavy (non-hydrogen) atoms. The summed E-state index contributed by atoms with van der Waals surface area (Å²) in [5.41, 5.74) is 0.935. The molecule has 0 bridgehead atoms. The first kappa shape index (κ1) is 8.02. The fraction of sp³-hybridized carbons (Fsp3) is 0.125. The third-order valence-corrected chi connectivity index (χ3v) is 2.08. The Bertz CT molecular complexity index is 509. The van der Waals surface area contributed by atoms with Gasteiger partial charge in [0.2, 0.25) is 0 Å². The zero-order valence-electron chi connectivity index (χ0n) is 6.82. The number of fused-ring (bicyclic) bond motifs is 1. The Morgan fingerprint density at radius 1 is 1.62 bits per heavy atom. The van der Waals surface area contributed by atoms with Crippen molar-refractivity contribution >= 4 is 22.6 Å². The summed E-state index contributed by atoms with van der Waals surface area (Å²) in [5.74, 6) is 0. The van der Waals surface area contributed by atoms with Crippen LogP contribution >= 0.6 is 11.6 Å². The van der Waals surface area contributed by atoms with E-state index < -0.39 is 0 Å². The molecule has 2 rings (SSSR count). The molecule has 2 heterocycles. The van der Waals surface area contributed by atoms with Crippen LogP contribution in [0.2, 0.25) is 5.02 Å². The number of aromatic nitrogens is 3. The highest BCUT2D eigenvalue weighted by Gasteiger charge is 2.07. The third-order valence-electron chi connectivity index (χ3n) is 1.77. The topological polar surface area (TPSA) is 54.5 Å². The van der Waals surface area contributed by atoms with Crippen LogP contribution in [0.4, 0.5) is 0 Å². The average molecular weight is 193 g/mol. The number of aryl methyl sites for hydroxylation is 1. The number of pyridine rings is 1. The van der Waals surface area contributed by atoms with Crippen LogP contribution in [-0.4, -0.2) is 14.8 Å². The Balaban J connectivity index is 2.90. The quantitative estimate of drug-likeness (QED) is 0.636. The van der Waals surface area contributed by atoms with Gasteiger partial charge in [0.1, 0.15) is 11.8 Å². The van der Waals surface area contributed by atoms with Crippen molar-refractivity contribution in [3.8, 4) is 6.07 Å². The van der Waals surface area contributed by atoms with Crippen LogP contribution in [0.3, 0.4) is 0 Å². The van der Waals surface area contributed by atoms with E-state index in [1.165, 1.54) is 6.07 Å². The molecular formula is C8H5ClN4. The maximum atomic E-state index is 8.65. The second-order valence-electron chi connectivity index (χ2n) is 2.61. The van der Waals surface area contributed by atoms with Gasteiger partial charge >= 0.3 is 0 Å². The molecule has 0 N–H and O–H groups in total. The number of nitriles is 1. The van der Waals surface area contributed by atoms with E-state index in [9.17, 15) is 0 Å². The van der Waals surface area contributed by atoms with Crippen molar-refractivity contribution in [1.82, 2.24) is 14.8 Å². The van der Waals surface area contributed by atoms with Gasteiger partial charge in [0, 0.05) is 7.05 Å². The Hall–Kier alpha value is -1.60. The Kier molecular flexibility index (Phi) is 1.67. The van der Waals surface area contributed by atoms with Crippen LogP contribution in [0, 0.1) is 11.3 Å². The molecule has 0 aliphatic heterocycles. The van der Waals surface area contributed by atoms with Crippen LogP contribution in [0.5, 0.6) is 0 Å². The SMILES string of the molecule is Cn1ncc2c(Cl)cc(C#N)nc21. The number of hydrogen-bond donors (Lipinski definition) is 0. The summed E-state index contributed by atoms with van der Waals surface area (Å²) in [4.78, 5) is 4.07. The van der Waals surface area contributed by atoms with E-state index in [1.54, 1.807) is 17.9 Å². The normalized spacial score (nSPS) is 10.2. The first-order valence-electron chi connectivity index (χ1n) is 3.60. The van der Waals surface area contributed by atoms with Crippen LogP contribution < -0.4 is 0 Å². The molecule has 0 saturated carbocycles. The fourth-order valence-corrected chi connectivity index (χ4v) is 1.37. The van der Waals surface area contributed by atoms with Crippen LogP contribution in [0.1, 0.15) is 5.69 Å². The summed E-state index contributed by atoms with van der Waals surface area (Å²) in [5, 5.41) is 13.9. The number of halogens is 1. The number of nitrogens with zero attached hydrogens (tertiary/aromatic N) is 4. The standard InChI is InChI=1S/C8H5ClN4/c1-13-8-6(4-11-13)7(9)2-5(3-10)12-8/h2,4H,1H3. The van der Waals surface area contributed by atoms with Crippen molar-refractivity contribution in [3.05, 3.63) is 23.0 Å². The summed E-state index contributed by atoms with van der Waals surface area (Å²) in [6.45, 7) is 0. The van der Waals surface area contributed by atoms with Gasteiger partial charge in [-0.3, -0.25) is 4.68 Å². The predicted molar refractivity (Wildman–Crippen MR) is 48.2 cm³/mol. The van der Waals surface area contributed by atoms with Gasteiger partial charge in [-0.2, -0.15) is 10.4 Å². The molecule has 64 valence electrons. The van der Waals surface area contributed by atoms with Crippen molar-refractivity contribution < 1.29 is 0 Å². The van der Waals surface area contributed by atoms with E-state index in [4.69, 9.17) is 16.9 Å². The van der Waals surface area contributed by atoms with E-state index in [0.717, 1.165) is 5.39 Å². The Morgan fingerprint density at radius 3 is 3.08 bits per heavy atom. The first-order chi connectivity index (χ1) is 6.22. The summed E-state index contributed by atoms with van der Waals surface area (Å²) < 4.78 is 1.59. The second kappa shape index (κ2) is 2.71. The van der Waals surface area contributed by atoms with Crippen molar-refractivity contribution in [2.45, 2.75) is 0 Å². The van der Waals surface area contributed by atoms with Gasteiger partial charge in [-0.1, -0.05) is 11.6 Å². The largest absolute Gasteiger partial charge is 0.250 e. The van der Waals surface area contributed by atoms with Gasteiger partial charge in [-0.15, -0.1) is 0 Å². The zero-order chi connectivity index (χ0) is 9.42. The molecule has 0 radical (unpaired) electrons. The summed E-state index contributed by atoms with van der Waals surface area (Å²) in [6, 6.07) is 3.47. The molecular weight excluding hydrogens is 188 g/mol. The monoisotopic (exact) mass is 192 g/mol. The van der Waals surface area contributed by atoms with Gasteiger partial charge in [-0.05, 0) is 6.07 Å². The van der Waals surface area contributed by atoms with Crippen molar-refractivity contribution in [2.24, 2.45) is 7.05 Å². The molecule has 0 amide bonds. The van der Waals surface area contributed by atoms with Crippen molar-refractivity contribution in [3.63, 3.8) is 0 Å². The smallest absolute Gasteiger partial charge is 0.160 e. The second-order valence-corrected chi connectivity index (χ2v) is 3.01. The molecule has 5 heteroatoms. The molecule has 0 aliphatic carbocycles. The van der Waals surface area contributed by atoms with Crippen LogP contribution in [0.15, 0.2) is 12.3 Å². The summed E-state index contributed by atoms with van der Waals surface area (Å²) in [7, 11) is 1.76. The van der Waals surface area contributed by atoms with Gasteiger partial charge in [-0.25, -0.2) is 4.98 Å². The lowest BCUT2D eigenvalue weighted by Crippen LogP contribution is -1.93. The van der Waals surface area contributed by atoms with Gasteiger partial charge in [0.15, 0.2) is 5.65 Å². The molecule has 2 aromatic heterocycles. The van der Waals surface area contributed by atoms with E-state index >= 15 is 0 Å². The highest BCUT2D eigenvalue weighted by atomic mass is 35.5. The van der Waals surface area contributed by atoms with Crippen molar-refractivity contribution in [2.75, 3.05) is 0 Å². The summed E-state index contributed by atoms with van der Waals surface area (Å²) in [6.07, 6.45) is 1.63. The average Bonchev–Trinajstić information content (AvgIpc) is 2.48. The molecule has 0 aliphatic rings. The molecule has 0 spiro atoms. The van der Waals surface area contributed by atoms with E-state index in [1.807, 2.05) is 6.07 Å².